The van der Waals surface area contributed by atoms with Gasteiger partial charge in [0.2, 0.25) is 0 Å². The number of methoxy groups -OCH3 is 1. The van der Waals surface area contributed by atoms with Crippen LogP contribution >= 0.6 is 12.2 Å². The number of ether oxygens (including phenoxy) is 1. The molecule has 2 aliphatic rings. The monoisotopic (exact) mass is 630 g/mol. The predicted octanol–water partition coefficient (Wildman–Crippen LogP) is 4.46. The molecule has 0 bridgehead atoms. The van der Waals surface area contributed by atoms with Crippen LogP contribution in [0.25, 0.3) is 0 Å². The van der Waals surface area contributed by atoms with Gasteiger partial charge in [-0.15, -0.1) is 0 Å². The first-order valence-electron chi connectivity index (χ1n) is 14.7. The van der Waals surface area contributed by atoms with Gasteiger partial charge >= 0.3 is 5.97 Å². The minimum Gasteiger partial charge on any atom is -0.465 e. The summed E-state index contributed by atoms with van der Waals surface area (Å²) in [4.78, 5) is 55.7. The third kappa shape index (κ3) is 7.37. The van der Waals surface area contributed by atoms with E-state index in [0.717, 1.165) is 38.0 Å². The first kappa shape index (κ1) is 31.4. The maximum absolute atomic E-state index is 13.5. The molecular weight excluding hydrogens is 596 g/mol. The Bertz CT molecular complexity index is 1600. The van der Waals surface area contributed by atoms with Crippen LogP contribution in [0.3, 0.4) is 0 Å². The fourth-order valence-corrected chi connectivity index (χ4v) is 5.83. The number of carbonyl (C=O) groups is 3. The van der Waals surface area contributed by atoms with E-state index in [0.29, 0.717) is 43.1 Å². The Morgan fingerprint density at radius 2 is 1.49 bits per heavy atom. The number of hydrogen-bond acceptors (Lipinski definition) is 9. The lowest BCUT2D eigenvalue weighted by atomic mass is 10.1. The van der Waals surface area contributed by atoms with Crippen LogP contribution in [0, 0.1) is 10.1 Å². The smallest absolute Gasteiger partial charge is 0.337 e. The van der Waals surface area contributed by atoms with Crippen molar-refractivity contribution in [3.8, 4) is 0 Å². The number of carbonyl (C=O) groups excluding carboxylic acids is 3. The highest BCUT2D eigenvalue weighted by atomic mass is 32.1. The molecule has 2 aliphatic heterocycles. The molecule has 0 aliphatic carbocycles. The zero-order valence-corrected chi connectivity index (χ0v) is 25.7. The number of piperidine rings is 1. The van der Waals surface area contributed by atoms with Crippen LogP contribution in [0.1, 0.15) is 50.3 Å². The topological polar surface area (TPSA) is 137 Å². The molecular formula is C32H34N6O6S. The molecule has 3 aromatic carbocycles. The largest absolute Gasteiger partial charge is 0.465 e. The summed E-state index contributed by atoms with van der Waals surface area (Å²) in [5.41, 5.74) is 2.65. The van der Waals surface area contributed by atoms with E-state index in [1.165, 1.54) is 19.2 Å². The van der Waals surface area contributed by atoms with Crippen molar-refractivity contribution in [1.29, 1.82) is 0 Å². The highest BCUT2D eigenvalue weighted by molar-refractivity contribution is 7.80. The van der Waals surface area contributed by atoms with Crippen molar-refractivity contribution in [2.24, 2.45) is 0 Å². The van der Waals surface area contributed by atoms with Crippen LogP contribution in [-0.2, 0) is 4.74 Å². The summed E-state index contributed by atoms with van der Waals surface area (Å²) < 4.78 is 4.90. The number of piperazine rings is 1. The number of anilines is 3. The minimum absolute atomic E-state index is 0.0383. The lowest BCUT2D eigenvalue weighted by Crippen LogP contribution is -2.49. The molecule has 0 saturated carbocycles. The van der Waals surface area contributed by atoms with E-state index in [9.17, 15) is 24.5 Å². The van der Waals surface area contributed by atoms with Crippen LogP contribution in [0.2, 0.25) is 0 Å². The molecule has 3 aromatic rings. The number of non-ortho nitro benzene ring substituents is 1. The molecule has 45 heavy (non-hydrogen) atoms. The van der Waals surface area contributed by atoms with E-state index in [1.807, 2.05) is 18.2 Å². The molecule has 0 atom stereocenters. The first-order chi connectivity index (χ1) is 21.7. The number of rotatable bonds is 7. The number of esters is 1. The third-order valence-corrected chi connectivity index (χ3v) is 8.16. The molecule has 0 radical (unpaired) electrons. The van der Waals surface area contributed by atoms with Gasteiger partial charge in [-0.3, -0.25) is 25.0 Å². The molecule has 0 aromatic heterocycles. The fraction of sp³-hybridized carbons (Fsp3) is 0.312. The summed E-state index contributed by atoms with van der Waals surface area (Å²) in [7, 11) is 1.29. The van der Waals surface area contributed by atoms with E-state index >= 15 is 0 Å². The average molecular weight is 631 g/mol. The number of nitro benzene ring substituents is 1. The lowest BCUT2D eigenvalue weighted by molar-refractivity contribution is -0.384. The van der Waals surface area contributed by atoms with E-state index in [-0.39, 0.29) is 27.8 Å². The number of benzene rings is 3. The van der Waals surface area contributed by atoms with Crippen molar-refractivity contribution in [1.82, 2.24) is 10.2 Å². The van der Waals surface area contributed by atoms with Crippen molar-refractivity contribution in [2.45, 2.75) is 19.3 Å². The SMILES string of the molecule is COC(=O)c1ccc(N2CCN(C(=O)c3ccccc3)CC2)c(NC(=S)NC(=O)c2cc([N+](=O)[O-])ccc2N2CCCCC2)c1. The Morgan fingerprint density at radius 1 is 0.822 bits per heavy atom. The molecule has 2 N–H and O–H groups in total. The Hall–Kier alpha value is -5.04. The number of amides is 2. The Morgan fingerprint density at radius 3 is 2.16 bits per heavy atom. The summed E-state index contributed by atoms with van der Waals surface area (Å²) >= 11 is 5.52. The first-order valence-corrected chi connectivity index (χ1v) is 15.1. The summed E-state index contributed by atoms with van der Waals surface area (Å²) in [6.45, 7) is 3.51. The Kier molecular flexibility index (Phi) is 9.88. The second-order valence-electron chi connectivity index (χ2n) is 10.8. The summed E-state index contributed by atoms with van der Waals surface area (Å²) in [5, 5.41) is 17.2. The normalized spacial score (nSPS) is 14.8. The van der Waals surface area contributed by atoms with Crippen molar-refractivity contribution in [3.05, 3.63) is 93.5 Å². The second kappa shape index (κ2) is 14.2. The fourth-order valence-electron chi connectivity index (χ4n) is 5.62. The van der Waals surface area contributed by atoms with Gasteiger partial charge in [0.15, 0.2) is 5.11 Å². The molecule has 5 rings (SSSR count). The third-order valence-electron chi connectivity index (χ3n) is 7.95. The van der Waals surface area contributed by atoms with Crippen molar-refractivity contribution in [3.63, 3.8) is 0 Å². The molecule has 2 heterocycles. The van der Waals surface area contributed by atoms with E-state index in [1.54, 1.807) is 41.3 Å². The van der Waals surface area contributed by atoms with E-state index < -0.39 is 16.8 Å². The van der Waals surface area contributed by atoms with E-state index in [2.05, 4.69) is 20.4 Å². The number of nitrogens with zero attached hydrogens (tertiary/aromatic N) is 4. The standard InChI is InChI=1S/C32H34N6O6S/c1-44-31(41)23-10-12-28(36-16-18-37(19-17-36)30(40)22-8-4-2-5-9-22)26(20-23)33-32(45)34-29(39)25-21-24(38(42)43)11-13-27(25)35-14-6-3-7-15-35/h2,4-5,8-13,20-21H,3,6-7,14-19H2,1H3,(H2,33,34,39,45). The summed E-state index contributed by atoms with van der Waals surface area (Å²) in [5.74, 6) is -1.17. The summed E-state index contributed by atoms with van der Waals surface area (Å²) in [6.07, 6.45) is 3.02. The van der Waals surface area contributed by atoms with E-state index in [4.69, 9.17) is 17.0 Å². The quantitative estimate of drug-likeness (QED) is 0.167. The molecule has 13 heteroatoms. The van der Waals surface area contributed by atoms with Gasteiger partial charge in [-0.1, -0.05) is 18.2 Å². The lowest BCUT2D eigenvalue weighted by Gasteiger charge is -2.37. The van der Waals surface area contributed by atoms with Crippen LogP contribution in [0.15, 0.2) is 66.7 Å². The van der Waals surface area contributed by atoms with Gasteiger partial charge in [0.05, 0.1) is 40.2 Å². The number of nitrogens with one attached hydrogen (secondary N) is 2. The van der Waals surface area contributed by atoms with Gasteiger partial charge in [0.25, 0.3) is 17.5 Å². The molecule has 2 amide bonds. The van der Waals surface area contributed by atoms with Crippen LogP contribution in [-0.4, -0.2) is 79.1 Å². The van der Waals surface area contributed by atoms with Gasteiger partial charge in [0.1, 0.15) is 0 Å². The zero-order chi connectivity index (χ0) is 31.9. The molecule has 2 saturated heterocycles. The number of thiocarbonyl (C=S) groups is 1. The molecule has 0 unspecified atom stereocenters. The van der Waals surface area contributed by atoms with Crippen LogP contribution < -0.4 is 20.4 Å². The van der Waals surface area contributed by atoms with Gasteiger partial charge in [-0.05, 0) is 67.9 Å². The highest BCUT2D eigenvalue weighted by Crippen LogP contribution is 2.30. The van der Waals surface area contributed by atoms with Crippen molar-refractivity contribution < 1.29 is 24.0 Å². The average Bonchev–Trinajstić information content (AvgIpc) is 3.08. The molecule has 2 fully saturated rings. The predicted molar refractivity (Wildman–Crippen MR) is 175 cm³/mol. The number of nitro groups is 1. The summed E-state index contributed by atoms with van der Waals surface area (Å²) in [6, 6.07) is 18.4. The molecule has 234 valence electrons. The Balaban J connectivity index is 1.34. The zero-order valence-electron chi connectivity index (χ0n) is 24.9. The highest BCUT2D eigenvalue weighted by Gasteiger charge is 2.26. The second-order valence-corrected chi connectivity index (χ2v) is 11.2. The van der Waals surface area contributed by atoms with Crippen molar-refractivity contribution in [2.75, 3.05) is 61.5 Å². The maximum Gasteiger partial charge on any atom is 0.337 e. The molecule has 0 spiro atoms. The van der Waals surface area contributed by atoms with Gasteiger partial charge in [-0.25, -0.2) is 4.79 Å². The van der Waals surface area contributed by atoms with Gasteiger partial charge in [0, 0.05) is 57.0 Å². The Labute approximate surface area is 266 Å². The molecule has 12 nitrogen and oxygen atoms in total. The van der Waals surface area contributed by atoms with Crippen molar-refractivity contribution >= 4 is 57.9 Å². The number of hydrogen-bond donors (Lipinski definition) is 2. The van der Waals surface area contributed by atoms with Gasteiger partial charge in [-0.2, -0.15) is 0 Å². The van der Waals surface area contributed by atoms with Crippen LogP contribution in [0.5, 0.6) is 0 Å². The van der Waals surface area contributed by atoms with Crippen LogP contribution in [0.4, 0.5) is 22.7 Å². The minimum atomic E-state index is -0.588. The maximum atomic E-state index is 13.5. The van der Waals surface area contributed by atoms with Gasteiger partial charge < -0.3 is 24.8 Å².